The normalized spacial score (nSPS) is 12.3. The molecule has 0 radical (unpaired) electrons. The molecule has 2 aromatic rings. The van der Waals surface area contributed by atoms with E-state index in [9.17, 15) is 35.8 Å². The molecular weight excluding hydrogens is 350 g/mol. The van der Waals surface area contributed by atoms with Crippen LogP contribution in [0.5, 0.6) is 5.75 Å². The molecule has 0 aliphatic heterocycles. The maximum atomic E-state index is 11.5. The number of amides is 1. The molecule has 0 aliphatic rings. The van der Waals surface area contributed by atoms with Crippen LogP contribution in [-0.2, 0) is 25.0 Å². The average molecular weight is 361 g/mol. The molecule has 124 valence electrons. The van der Waals surface area contributed by atoms with Crippen molar-refractivity contribution in [1.29, 1.82) is 0 Å². The Balaban J connectivity index is 3.11. The molecule has 2 aromatic carbocycles. The first-order valence-corrected chi connectivity index (χ1v) is 8.81. The lowest BCUT2D eigenvalue weighted by Crippen LogP contribution is -2.10. The van der Waals surface area contributed by atoms with Crippen LogP contribution in [0.1, 0.15) is 6.92 Å². The van der Waals surface area contributed by atoms with Gasteiger partial charge < -0.3 is 10.4 Å². The Bertz CT molecular complexity index is 1020. The van der Waals surface area contributed by atoms with Gasteiger partial charge >= 0.3 is 0 Å². The summed E-state index contributed by atoms with van der Waals surface area (Å²) in [6.07, 6.45) is 0. The fourth-order valence-electron chi connectivity index (χ4n) is 2.13. The van der Waals surface area contributed by atoms with E-state index >= 15 is 0 Å². The molecule has 0 unspecified atom stereocenters. The molecule has 0 atom stereocenters. The van der Waals surface area contributed by atoms with Crippen molar-refractivity contribution >= 4 is 42.6 Å². The first-order valence-electron chi connectivity index (χ1n) is 5.93. The lowest BCUT2D eigenvalue weighted by Gasteiger charge is -2.13. The summed E-state index contributed by atoms with van der Waals surface area (Å²) in [6.45, 7) is 1.13. The highest BCUT2D eigenvalue weighted by atomic mass is 32.2. The zero-order chi connectivity index (χ0) is 17.6. The third kappa shape index (κ3) is 3.42. The van der Waals surface area contributed by atoms with Crippen LogP contribution in [0.4, 0.5) is 5.69 Å². The minimum atomic E-state index is -4.86. The van der Waals surface area contributed by atoms with Gasteiger partial charge in [-0.15, -0.1) is 0 Å². The van der Waals surface area contributed by atoms with Crippen molar-refractivity contribution in [2.24, 2.45) is 0 Å². The molecular formula is C12H11NO8S2. The largest absolute Gasteiger partial charge is 0.508 e. The van der Waals surface area contributed by atoms with Crippen molar-refractivity contribution in [3.05, 3.63) is 24.3 Å². The average Bonchev–Trinajstić information content (AvgIpc) is 2.34. The third-order valence-corrected chi connectivity index (χ3v) is 4.68. The van der Waals surface area contributed by atoms with Crippen molar-refractivity contribution < 1.29 is 35.8 Å². The molecule has 0 aliphatic carbocycles. The molecule has 0 bridgehead atoms. The molecule has 0 saturated carbocycles. The van der Waals surface area contributed by atoms with Crippen molar-refractivity contribution in [3.63, 3.8) is 0 Å². The van der Waals surface area contributed by atoms with Crippen molar-refractivity contribution in [2.45, 2.75) is 16.7 Å². The van der Waals surface area contributed by atoms with Crippen LogP contribution >= 0.6 is 0 Å². The Kier molecular flexibility index (Phi) is 4.07. The van der Waals surface area contributed by atoms with E-state index in [0.717, 1.165) is 25.1 Å². The maximum Gasteiger partial charge on any atom is 0.295 e. The maximum absolute atomic E-state index is 11.5. The van der Waals surface area contributed by atoms with Crippen LogP contribution in [0.15, 0.2) is 34.1 Å². The van der Waals surface area contributed by atoms with Crippen LogP contribution in [0.3, 0.4) is 0 Å². The topological polar surface area (TPSA) is 158 Å². The van der Waals surface area contributed by atoms with Gasteiger partial charge in [-0.25, -0.2) is 0 Å². The molecule has 23 heavy (non-hydrogen) atoms. The highest BCUT2D eigenvalue weighted by Crippen LogP contribution is 2.37. The van der Waals surface area contributed by atoms with Crippen molar-refractivity contribution in [3.8, 4) is 5.75 Å². The molecule has 1 amide bonds. The zero-order valence-corrected chi connectivity index (χ0v) is 13.1. The van der Waals surface area contributed by atoms with E-state index in [-0.39, 0.29) is 16.5 Å². The smallest absolute Gasteiger partial charge is 0.295 e. The molecule has 4 N–H and O–H groups in total. The first kappa shape index (κ1) is 17.1. The lowest BCUT2D eigenvalue weighted by atomic mass is 10.1. The van der Waals surface area contributed by atoms with Crippen LogP contribution < -0.4 is 5.32 Å². The molecule has 0 saturated heterocycles. The van der Waals surface area contributed by atoms with Crippen LogP contribution in [-0.4, -0.2) is 37.0 Å². The number of hydrogen-bond acceptors (Lipinski definition) is 6. The highest BCUT2D eigenvalue weighted by molar-refractivity contribution is 7.86. The van der Waals surface area contributed by atoms with Crippen molar-refractivity contribution in [2.75, 3.05) is 5.32 Å². The summed E-state index contributed by atoms with van der Waals surface area (Å²) in [6, 6.07) is 3.56. The van der Waals surface area contributed by atoms with E-state index in [1.807, 2.05) is 0 Å². The van der Waals surface area contributed by atoms with Gasteiger partial charge in [0.2, 0.25) is 5.91 Å². The monoisotopic (exact) mass is 361 g/mol. The number of carbonyl (C=O) groups is 1. The molecule has 11 heteroatoms. The first-order chi connectivity index (χ1) is 10.4. The van der Waals surface area contributed by atoms with Crippen LogP contribution in [0.2, 0.25) is 0 Å². The summed E-state index contributed by atoms with van der Waals surface area (Å²) in [7, 11) is -9.61. The van der Waals surface area contributed by atoms with Gasteiger partial charge in [-0.3, -0.25) is 13.9 Å². The van der Waals surface area contributed by atoms with Gasteiger partial charge in [0, 0.05) is 23.8 Å². The Morgan fingerprint density at radius 3 is 2.04 bits per heavy atom. The van der Waals surface area contributed by atoms with E-state index in [4.69, 9.17) is 0 Å². The van der Waals surface area contributed by atoms with E-state index in [1.54, 1.807) is 0 Å². The molecule has 0 heterocycles. The summed E-state index contributed by atoms with van der Waals surface area (Å²) in [5.41, 5.74) is -0.118. The second-order valence-corrected chi connectivity index (χ2v) is 7.39. The molecule has 2 rings (SSSR count). The third-order valence-electron chi connectivity index (χ3n) is 2.89. The number of aromatic hydroxyl groups is 1. The number of nitrogens with one attached hydrogen (secondary N) is 1. The summed E-state index contributed by atoms with van der Waals surface area (Å²) < 4.78 is 64.4. The molecule has 0 fully saturated rings. The predicted octanol–water partition coefficient (Wildman–Crippen LogP) is 0.997. The molecule has 0 aromatic heterocycles. The summed E-state index contributed by atoms with van der Waals surface area (Å²) in [5.74, 6) is -1.24. The number of phenolic OH excluding ortho intramolecular Hbond substituents is 1. The zero-order valence-electron chi connectivity index (χ0n) is 11.5. The van der Waals surface area contributed by atoms with Gasteiger partial charge in [0.1, 0.15) is 15.5 Å². The highest BCUT2D eigenvalue weighted by Gasteiger charge is 2.24. The molecule has 0 spiro atoms. The van der Waals surface area contributed by atoms with Gasteiger partial charge in [0.25, 0.3) is 20.2 Å². The van der Waals surface area contributed by atoms with Crippen LogP contribution in [0.25, 0.3) is 10.8 Å². The number of rotatable bonds is 3. The van der Waals surface area contributed by atoms with Gasteiger partial charge in [0.15, 0.2) is 0 Å². The minimum absolute atomic E-state index is 0.118. The lowest BCUT2D eigenvalue weighted by molar-refractivity contribution is -0.114. The predicted molar refractivity (Wildman–Crippen MR) is 79.5 cm³/mol. The number of fused-ring (bicyclic) bond motifs is 1. The number of hydrogen-bond donors (Lipinski definition) is 4. The minimum Gasteiger partial charge on any atom is -0.508 e. The van der Waals surface area contributed by atoms with E-state index < -0.39 is 41.7 Å². The SMILES string of the molecule is CC(=O)Nc1ccc(S(=O)(=O)O)c2cc(O)cc(S(=O)(=O)O)c12. The van der Waals surface area contributed by atoms with Crippen LogP contribution in [0, 0.1) is 0 Å². The number of anilines is 1. The van der Waals surface area contributed by atoms with E-state index in [1.165, 1.54) is 0 Å². The second kappa shape index (κ2) is 5.45. The number of benzene rings is 2. The number of phenols is 1. The summed E-state index contributed by atoms with van der Waals surface area (Å²) >= 11 is 0. The Labute approximate surface area is 131 Å². The van der Waals surface area contributed by atoms with E-state index in [0.29, 0.717) is 6.07 Å². The standard InChI is InChI=1S/C12H11NO8S2/c1-6(14)13-9-2-3-10(22(16,17)18)8-4-7(15)5-11(12(8)9)23(19,20)21/h2-5,15H,1H3,(H,13,14)(H,16,17,18)(H,19,20,21). The Morgan fingerprint density at radius 1 is 1.00 bits per heavy atom. The van der Waals surface area contributed by atoms with Gasteiger partial charge in [0.05, 0.1) is 5.69 Å². The fraction of sp³-hybridized carbons (Fsp3) is 0.0833. The fourth-order valence-corrected chi connectivity index (χ4v) is 3.55. The molecule has 9 nitrogen and oxygen atoms in total. The second-order valence-electron chi connectivity index (χ2n) is 4.61. The van der Waals surface area contributed by atoms with Gasteiger partial charge in [-0.2, -0.15) is 16.8 Å². The van der Waals surface area contributed by atoms with Crippen molar-refractivity contribution in [1.82, 2.24) is 0 Å². The Morgan fingerprint density at radius 2 is 1.57 bits per heavy atom. The van der Waals surface area contributed by atoms with Gasteiger partial charge in [-0.1, -0.05) is 0 Å². The summed E-state index contributed by atoms with van der Waals surface area (Å²) in [5, 5.41) is 11.1. The summed E-state index contributed by atoms with van der Waals surface area (Å²) in [4.78, 5) is 9.72. The number of carbonyl (C=O) groups excluding carboxylic acids is 1. The Hall–Kier alpha value is -2.21. The van der Waals surface area contributed by atoms with Gasteiger partial charge in [-0.05, 0) is 18.2 Å². The van der Waals surface area contributed by atoms with E-state index in [2.05, 4.69) is 5.32 Å². The quantitative estimate of drug-likeness (QED) is 0.589.